The highest BCUT2D eigenvalue weighted by Crippen LogP contribution is 2.27. The van der Waals surface area contributed by atoms with Crippen LogP contribution < -0.4 is 11.1 Å². The van der Waals surface area contributed by atoms with Crippen molar-refractivity contribution in [2.24, 2.45) is 11.7 Å². The lowest BCUT2D eigenvalue weighted by molar-refractivity contribution is 0.378. The predicted octanol–water partition coefficient (Wildman–Crippen LogP) is 1.12. The Kier molecular flexibility index (Phi) is 4.88. The molecule has 1 fully saturated rings. The Morgan fingerprint density at radius 1 is 1.46 bits per heavy atom. The third-order valence-corrected chi connectivity index (χ3v) is 2.85. The molecule has 0 aromatic heterocycles. The van der Waals surface area contributed by atoms with E-state index in [0.29, 0.717) is 6.04 Å². The Morgan fingerprint density at radius 3 is 2.69 bits per heavy atom. The van der Waals surface area contributed by atoms with Crippen molar-refractivity contribution in [3.05, 3.63) is 0 Å². The second-order valence-electron chi connectivity index (χ2n) is 3.69. The molecule has 0 aliphatic heterocycles. The maximum atomic E-state index is 5.72. The molecule has 0 spiro atoms. The van der Waals surface area contributed by atoms with E-state index in [1.165, 1.54) is 25.7 Å². The zero-order valence-electron chi connectivity index (χ0n) is 8.47. The summed E-state index contributed by atoms with van der Waals surface area (Å²) < 4.78 is 0. The summed E-state index contributed by atoms with van der Waals surface area (Å²) in [5.41, 5.74) is 5.72. The first-order chi connectivity index (χ1) is 6.38. The molecule has 0 aromatic carbocycles. The van der Waals surface area contributed by atoms with Crippen molar-refractivity contribution in [3.63, 3.8) is 0 Å². The lowest BCUT2D eigenvalue weighted by Crippen LogP contribution is -2.41. The molecule has 0 saturated heterocycles. The molecule has 1 unspecified atom stereocenters. The van der Waals surface area contributed by atoms with E-state index in [9.17, 15) is 0 Å². The average molecular weight is 180 g/mol. The van der Waals surface area contributed by atoms with Crippen LogP contribution in [0.15, 0.2) is 0 Å². The lowest BCUT2D eigenvalue weighted by atomic mass is 9.98. The quantitative estimate of drug-likeness (QED) is 0.636. The Labute approximate surface area is 81.3 Å². The number of hydrogen-bond donors (Lipinski definition) is 2. The summed E-state index contributed by atoms with van der Waals surface area (Å²) in [6.45, 7) is 3.40. The van der Waals surface area contributed by atoms with Gasteiger partial charge in [-0.15, -0.1) is 5.92 Å². The van der Waals surface area contributed by atoms with Gasteiger partial charge in [-0.05, 0) is 25.7 Å². The van der Waals surface area contributed by atoms with Gasteiger partial charge in [-0.25, -0.2) is 0 Å². The van der Waals surface area contributed by atoms with Gasteiger partial charge in [0.05, 0.1) is 6.54 Å². The fraction of sp³-hybridized carbons (Fsp3) is 0.818. The summed E-state index contributed by atoms with van der Waals surface area (Å²) in [6.07, 6.45) is 5.44. The minimum absolute atomic E-state index is 0.489. The molecule has 0 radical (unpaired) electrons. The molecule has 0 aromatic rings. The van der Waals surface area contributed by atoms with Crippen LogP contribution >= 0.6 is 0 Å². The van der Waals surface area contributed by atoms with E-state index in [0.717, 1.165) is 19.0 Å². The molecule has 2 heteroatoms. The molecule has 1 aliphatic rings. The summed E-state index contributed by atoms with van der Waals surface area (Å²) in [7, 11) is 0. The highest BCUT2D eigenvalue weighted by molar-refractivity contribution is 4.98. The summed E-state index contributed by atoms with van der Waals surface area (Å²) >= 11 is 0. The van der Waals surface area contributed by atoms with Gasteiger partial charge in [0.25, 0.3) is 0 Å². The van der Waals surface area contributed by atoms with Crippen molar-refractivity contribution in [1.82, 2.24) is 5.32 Å². The summed E-state index contributed by atoms with van der Waals surface area (Å²) in [5, 5.41) is 3.41. The van der Waals surface area contributed by atoms with E-state index in [2.05, 4.69) is 17.2 Å². The topological polar surface area (TPSA) is 38.0 Å². The highest BCUT2D eigenvalue weighted by atomic mass is 14.9. The van der Waals surface area contributed by atoms with Gasteiger partial charge in [0.2, 0.25) is 0 Å². The monoisotopic (exact) mass is 180 g/mol. The Morgan fingerprint density at radius 2 is 2.15 bits per heavy atom. The van der Waals surface area contributed by atoms with Crippen molar-refractivity contribution in [2.75, 3.05) is 13.1 Å². The van der Waals surface area contributed by atoms with Gasteiger partial charge >= 0.3 is 0 Å². The van der Waals surface area contributed by atoms with Crippen molar-refractivity contribution in [3.8, 4) is 11.8 Å². The van der Waals surface area contributed by atoms with Crippen molar-refractivity contribution < 1.29 is 0 Å². The van der Waals surface area contributed by atoms with Crippen molar-refractivity contribution in [1.29, 1.82) is 0 Å². The summed E-state index contributed by atoms with van der Waals surface area (Å²) in [5.74, 6) is 6.70. The Bertz CT molecular complexity index is 184. The van der Waals surface area contributed by atoms with E-state index < -0.39 is 0 Å². The first kappa shape index (κ1) is 10.6. The van der Waals surface area contributed by atoms with E-state index in [-0.39, 0.29) is 0 Å². The molecular weight excluding hydrogens is 160 g/mol. The number of nitrogens with one attached hydrogen (secondary N) is 1. The third-order valence-electron chi connectivity index (χ3n) is 2.85. The number of rotatable bonds is 4. The first-order valence-electron chi connectivity index (χ1n) is 5.21. The molecule has 2 nitrogen and oxygen atoms in total. The molecule has 0 bridgehead atoms. The van der Waals surface area contributed by atoms with Crippen molar-refractivity contribution >= 4 is 0 Å². The minimum atomic E-state index is 0.489. The normalized spacial score (nSPS) is 19.5. The van der Waals surface area contributed by atoms with Crippen LogP contribution in [0.25, 0.3) is 0 Å². The molecule has 1 saturated carbocycles. The Hall–Kier alpha value is -0.520. The SMILES string of the molecule is CC#CCNC(CN)C1CCCC1. The highest BCUT2D eigenvalue weighted by Gasteiger charge is 2.22. The minimum Gasteiger partial charge on any atom is -0.329 e. The molecule has 0 heterocycles. The van der Waals surface area contributed by atoms with Gasteiger partial charge in [-0.2, -0.15) is 0 Å². The average Bonchev–Trinajstić information content (AvgIpc) is 2.65. The van der Waals surface area contributed by atoms with Crippen LogP contribution in [0.3, 0.4) is 0 Å². The van der Waals surface area contributed by atoms with Gasteiger partial charge in [0, 0.05) is 12.6 Å². The van der Waals surface area contributed by atoms with Crippen LogP contribution in [0.2, 0.25) is 0 Å². The van der Waals surface area contributed by atoms with E-state index >= 15 is 0 Å². The molecule has 3 N–H and O–H groups in total. The molecule has 13 heavy (non-hydrogen) atoms. The van der Waals surface area contributed by atoms with E-state index in [1.807, 2.05) is 6.92 Å². The van der Waals surface area contributed by atoms with Crippen LogP contribution in [0, 0.1) is 17.8 Å². The van der Waals surface area contributed by atoms with Crippen LogP contribution in [0.5, 0.6) is 0 Å². The first-order valence-corrected chi connectivity index (χ1v) is 5.21. The maximum absolute atomic E-state index is 5.72. The number of hydrogen-bond acceptors (Lipinski definition) is 2. The van der Waals surface area contributed by atoms with Gasteiger partial charge in [0.15, 0.2) is 0 Å². The van der Waals surface area contributed by atoms with Crippen LogP contribution in [0.4, 0.5) is 0 Å². The summed E-state index contributed by atoms with van der Waals surface area (Å²) in [6, 6.07) is 0.489. The molecule has 1 atom stereocenters. The van der Waals surface area contributed by atoms with Crippen LogP contribution in [-0.4, -0.2) is 19.1 Å². The standard InChI is InChI=1S/C11H20N2/c1-2-3-8-13-11(9-12)10-6-4-5-7-10/h10-11,13H,4-9,12H2,1H3. The zero-order chi connectivity index (χ0) is 9.52. The fourth-order valence-corrected chi connectivity index (χ4v) is 2.07. The lowest BCUT2D eigenvalue weighted by Gasteiger charge is -2.21. The van der Waals surface area contributed by atoms with E-state index in [1.54, 1.807) is 0 Å². The predicted molar refractivity (Wildman–Crippen MR) is 56.3 cm³/mol. The van der Waals surface area contributed by atoms with Gasteiger partial charge in [0.1, 0.15) is 0 Å². The smallest absolute Gasteiger partial charge is 0.0579 e. The second-order valence-corrected chi connectivity index (χ2v) is 3.69. The molecule has 74 valence electrons. The summed E-state index contributed by atoms with van der Waals surface area (Å²) in [4.78, 5) is 0. The van der Waals surface area contributed by atoms with Gasteiger partial charge in [-0.1, -0.05) is 18.8 Å². The molecular formula is C11H20N2. The van der Waals surface area contributed by atoms with Gasteiger partial charge in [-0.3, -0.25) is 0 Å². The third kappa shape index (κ3) is 3.38. The van der Waals surface area contributed by atoms with Gasteiger partial charge < -0.3 is 11.1 Å². The zero-order valence-corrected chi connectivity index (χ0v) is 8.47. The Balaban J connectivity index is 2.27. The van der Waals surface area contributed by atoms with Crippen molar-refractivity contribution in [2.45, 2.75) is 38.6 Å². The fourth-order valence-electron chi connectivity index (χ4n) is 2.07. The largest absolute Gasteiger partial charge is 0.329 e. The van der Waals surface area contributed by atoms with Crippen LogP contribution in [-0.2, 0) is 0 Å². The number of nitrogens with two attached hydrogens (primary N) is 1. The van der Waals surface area contributed by atoms with E-state index in [4.69, 9.17) is 5.73 Å². The van der Waals surface area contributed by atoms with Crippen LogP contribution in [0.1, 0.15) is 32.6 Å². The molecule has 1 rings (SSSR count). The maximum Gasteiger partial charge on any atom is 0.0579 e. The second kappa shape index (κ2) is 6.01. The molecule has 1 aliphatic carbocycles. The molecule has 0 amide bonds.